The van der Waals surface area contributed by atoms with Crippen molar-refractivity contribution in [2.24, 2.45) is 11.8 Å². The van der Waals surface area contributed by atoms with Crippen LogP contribution in [0, 0.1) is 11.8 Å². The second kappa shape index (κ2) is 7.08. The topological polar surface area (TPSA) is 45.2 Å². The first kappa shape index (κ1) is 16.4. The summed E-state index contributed by atoms with van der Waals surface area (Å²) < 4.78 is 0. The van der Waals surface area contributed by atoms with Crippen LogP contribution >= 0.6 is 0 Å². The number of likely N-dealkylation sites (tertiary alicyclic amines) is 1. The van der Waals surface area contributed by atoms with Crippen molar-refractivity contribution >= 4 is 5.82 Å². The molecule has 3 aromatic rings. The highest BCUT2D eigenvalue weighted by Crippen LogP contribution is 2.34. The molecule has 5 nitrogen and oxygen atoms in total. The van der Waals surface area contributed by atoms with Crippen molar-refractivity contribution in [1.82, 2.24) is 19.9 Å². The minimum absolute atomic E-state index is 0.724. The first-order valence-corrected chi connectivity index (χ1v) is 9.59. The summed E-state index contributed by atoms with van der Waals surface area (Å²) in [6.07, 6.45) is 7.59. The van der Waals surface area contributed by atoms with E-state index in [0.29, 0.717) is 0 Å². The van der Waals surface area contributed by atoms with E-state index in [0.717, 1.165) is 48.5 Å². The molecule has 2 aliphatic rings. The van der Waals surface area contributed by atoms with Gasteiger partial charge in [-0.15, -0.1) is 0 Å². The second-order valence-electron chi connectivity index (χ2n) is 7.60. The summed E-state index contributed by atoms with van der Waals surface area (Å²) in [5.41, 5.74) is 3.40. The van der Waals surface area contributed by atoms with Gasteiger partial charge in [0.1, 0.15) is 5.82 Å². The number of benzene rings is 1. The Morgan fingerprint density at radius 2 is 1.56 bits per heavy atom. The zero-order chi connectivity index (χ0) is 18.1. The maximum atomic E-state index is 4.69. The fourth-order valence-electron chi connectivity index (χ4n) is 4.40. The van der Waals surface area contributed by atoms with E-state index in [1.54, 1.807) is 0 Å². The van der Waals surface area contributed by atoms with Gasteiger partial charge in [0, 0.05) is 50.7 Å². The van der Waals surface area contributed by atoms with Gasteiger partial charge in [0.2, 0.25) is 0 Å². The Bertz CT molecular complexity index is 868. The van der Waals surface area contributed by atoms with Gasteiger partial charge in [-0.3, -0.25) is 14.9 Å². The maximum Gasteiger partial charge on any atom is 0.147 e. The first-order chi connectivity index (χ1) is 13.3. The summed E-state index contributed by atoms with van der Waals surface area (Å²) in [7, 11) is 0. The Labute approximate surface area is 159 Å². The number of fused-ring (bicyclic) bond motifs is 1. The minimum atomic E-state index is 0.724. The SMILES string of the molecule is c1ccc(-c2cnc(N3CC4CN(Cc5ccncc5)CC4C3)cn2)cc1. The van der Waals surface area contributed by atoms with Crippen LogP contribution < -0.4 is 4.90 Å². The summed E-state index contributed by atoms with van der Waals surface area (Å²) in [6, 6.07) is 14.5. The van der Waals surface area contributed by atoms with Gasteiger partial charge < -0.3 is 4.90 Å². The van der Waals surface area contributed by atoms with Crippen molar-refractivity contribution in [3.05, 3.63) is 72.8 Å². The lowest BCUT2D eigenvalue weighted by Crippen LogP contribution is -2.29. The van der Waals surface area contributed by atoms with Gasteiger partial charge in [-0.05, 0) is 29.5 Å². The summed E-state index contributed by atoms with van der Waals surface area (Å²) >= 11 is 0. The quantitative estimate of drug-likeness (QED) is 0.718. The Balaban J connectivity index is 1.21. The van der Waals surface area contributed by atoms with Crippen molar-refractivity contribution < 1.29 is 0 Å². The van der Waals surface area contributed by atoms with E-state index >= 15 is 0 Å². The van der Waals surface area contributed by atoms with Gasteiger partial charge in [-0.25, -0.2) is 4.98 Å². The summed E-state index contributed by atoms with van der Waals surface area (Å²) in [5, 5.41) is 0. The normalized spacial score (nSPS) is 22.1. The van der Waals surface area contributed by atoms with Gasteiger partial charge in [-0.2, -0.15) is 0 Å². The molecule has 0 bridgehead atoms. The van der Waals surface area contributed by atoms with Crippen molar-refractivity contribution in [3.8, 4) is 11.3 Å². The Morgan fingerprint density at radius 3 is 2.22 bits per heavy atom. The molecule has 0 saturated carbocycles. The van der Waals surface area contributed by atoms with Crippen molar-refractivity contribution in [3.63, 3.8) is 0 Å². The van der Waals surface area contributed by atoms with Crippen molar-refractivity contribution in [1.29, 1.82) is 0 Å². The number of rotatable bonds is 4. The molecule has 5 rings (SSSR count). The molecule has 2 atom stereocenters. The van der Waals surface area contributed by atoms with E-state index in [1.807, 2.05) is 43.0 Å². The predicted molar refractivity (Wildman–Crippen MR) is 106 cm³/mol. The predicted octanol–water partition coefficient (Wildman–Crippen LogP) is 3.11. The van der Waals surface area contributed by atoms with Gasteiger partial charge >= 0.3 is 0 Å². The third-order valence-electron chi connectivity index (χ3n) is 5.75. The summed E-state index contributed by atoms with van der Waals surface area (Å²) in [4.78, 5) is 18.4. The van der Waals surface area contributed by atoms with Gasteiger partial charge in [-0.1, -0.05) is 30.3 Å². The van der Waals surface area contributed by atoms with E-state index in [2.05, 4.69) is 44.0 Å². The van der Waals surface area contributed by atoms with Crippen molar-refractivity contribution in [2.45, 2.75) is 6.54 Å². The van der Waals surface area contributed by atoms with E-state index < -0.39 is 0 Å². The molecule has 5 heteroatoms. The maximum absolute atomic E-state index is 4.69. The standard InChI is InChI=1S/C22H23N5/c1-2-4-18(5-3-1)21-10-25-22(11-24-21)27-15-19-13-26(14-20(19)16-27)12-17-6-8-23-9-7-17/h1-11,19-20H,12-16H2. The molecule has 27 heavy (non-hydrogen) atoms. The smallest absolute Gasteiger partial charge is 0.147 e. The number of aromatic nitrogens is 3. The zero-order valence-electron chi connectivity index (χ0n) is 15.3. The third-order valence-corrected chi connectivity index (χ3v) is 5.75. The highest BCUT2D eigenvalue weighted by atomic mass is 15.3. The molecule has 0 N–H and O–H groups in total. The highest BCUT2D eigenvalue weighted by molar-refractivity contribution is 5.58. The lowest BCUT2D eigenvalue weighted by atomic mass is 10.0. The molecule has 2 saturated heterocycles. The van der Waals surface area contributed by atoms with Crippen molar-refractivity contribution in [2.75, 3.05) is 31.1 Å². The molecule has 2 aliphatic heterocycles. The van der Waals surface area contributed by atoms with Crippen LogP contribution in [-0.2, 0) is 6.54 Å². The Morgan fingerprint density at radius 1 is 0.815 bits per heavy atom. The van der Waals surface area contributed by atoms with E-state index in [-0.39, 0.29) is 0 Å². The van der Waals surface area contributed by atoms with Crippen LogP contribution in [0.15, 0.2) is 67.3 Å². The third kappa shape index (κ3) is 3.43. The molecule has 2 unspecified atom stereocenters. The largest absolute Gasteiger partial charge is 0.355 e. The Hall–Kier alpha value is -2.79. The zero-order valence-corrected chi connectivity index (χ0v) is 15.3. The molecule has 0 spiro atoms. The highest BCUT2D eigenvalue weighted by Gasteiger charge is 2.40. The van der Waals surface area contributed by atoms with Crippen LogP contribution in [-0.4, -0.2) is 46.0 Å². The molecule has 1 aromatic carbocycles. The molecule has 2 aromatic heterocycles. The summed E-state index contributed by atoms with van der Waals surface area (Å²) in [5.74, 6) is 2.45. The molecule has 0 radical (unpaired) electrons. The van der Waals surface area contributed by atoms with Crippen LogP contribution in [0.4, 0.5) is 5.82 Å². The molecule has 0 amide bonds. The minimum Gasteiger partial charge on any atom is -0.355 e. The summed E-state index contributed by atoms with van der Waals surface area (Å²) in [6.45, 7) is 5.52. The van der Waals surface area contributed by atoms with Crippen LogP contribution in [0.1, 0.15) is 5.56 Å². The first-order valence-electron chi connectivity index (χ1n) is 9.59. The lowest BCUT2D eigenvalue weighted by molar-refractivity contribution is 0.308. The van der Waals surface area contributed by atoms with Gasteiger partial charge in [0.05, 0.1) is 18.1 Å². The lowest BCUT2D eigenvalue weighted by Gasteiger charge is -2.22. The van der Waals surface area contributed by atoms with Crippen LogP contribution in [0.5, 0.6) is 0 Å². The van der Waals surface area contributed by atoms with Crippen LogP contribution in [0.25, 0.3) is 11.3 Å². The van der Waals surface area contributed by atoms with E-state index in [9.17, 15) is 0 Å². The fraction of sp³-hybridized carbons (Fsp3) is 0.318. The van der Waals surface area contributed by atoms with Gasteiger partial charge in [0.15, 0.2) is 0 Å². The number of hydrogen-bond acceptors (Lipinski definition) is 5. The van der Waals surface area contributed by atoms with Crippen LogP contribution in [0.2, 0.25) is 0 Å². The molecule has 136 valence electrons. The van der Waals surface area contributed by atoms with Crippen LogP contribution in [0.3, 0.4) is 0 Å². The second-order valence-corrected chi connectivity index (χ2v) is 7.60. The van der Waals surface area contributed by atoms with E-state index in [1.165, 1.54) is 18.7 Å². The Kier molecular flexibility index (Phi) is 4.30. The molecular formula is C22H23N5. The number of nitrogens with zero attached hydrogens (tertiary/aromatic N) is 5. The molecule has 0 aliphatic carbocycles. The average molecular weight is 357 g/mol. The number of hydrogen-bond donors (Lipinski definition) is 0. The monoisotopic (exact) mass is 357 g/mol. The number of pyridine rings is 1. The fourth-order valence-corrected chi connectivity index (χ4v) is 4.40. The average Bonchev–Trinajstić information content (AvgIpc) is 3.28. The molecule has 2 fully saturated rings. The molecule has 4 heterocycles. The number of anilines is 1. The molecular weight excluding hydrogens is 334 g/mol. The van der Waals surface area contributed by atoms with Gasteiger partial charge in [0.25, 0.3) is 0 Å². The van der Waals surface area contributed by atoms with E-state index in [4.69, 9.17) is 4.98 Å².